The molecule has 1 fully saturated rings. The number of halogens is 1. The van der Waals surface area contributed by atoms with Crippen molar-refractivity contribution in [1.82, 2.24) is 10.0 Å². The lowest BCUT2D eigenvalue weighted by atomic mass is 10.0. The first-order chi connectivity index (χ1) is 12.2. The van der Waals surface area contributed by atoms with Crippen LogP contribution in [0.1, 0.15) is 28.8 Å². The molecule has 1 N–H and O–H groups in total. The lowest BCUT2D eigenvalue weighted by molar-refractivity contribution is -0.169. The highest BCUT2D eigenvalue weighted by atomic mass is 79.9. The second-order valence-electron chi connectivity index (χ2n) is 6.31. The summed E-state index contributed by atoms with van der Waals surface area (Å²) >= 11 is 3.49. The van der Waals surface area contributed by atoms with Crippen LogP contribution in [-0.2, 0) is 11.4 Å². The second-order valence-corrected chi connectivity index (χ2v) is 7.23. The Morgan fingerprint density at radius 2 is 2.08 bits per heavy atom. The van der Waals surface area contributed by atoms with E-state index in [0.717, 1.165) is 45.9 Å². The van der Waals surface area contributed by atoms with Crippen LogP contribution in [0.2, 0.25) is 0 Å². The number of benzene rings is 2. The van der Waals surface area contributed by atoms with E-state index in [2.05, 4.69) is 20.9 Å². The highest BCUT2D eigenvalue weighted by Crippen LogP contribution is 2.28. The second kappa shape index (κ2) is 7.12. The summed E-state index contributed by atoms with van der Waals surface area (Å²) < 4.78 is 0.970. The zero-order valence-corrected chi connectivity index (χ0v) is 15.3. The normalized spacial score (nSPS) is 18.0. The third kappa shape index (κ3) is 3.40. The molecule has 1 saturated heterocycles. The van der Waals surface area contributed by atoms with Crippen LogP contribution in [0.3, 0.4) is 0 Å². The predicted octanol–water partition coefficient (Wildman–Crippen LogP) is 4.71. The van der Waals surface area contributed by atoms with Crippen LogP contribution in [-0.4, -0.2) is 28.4 Å². The molecule has 25 heavy (non-hydrogen) atoms. The maximum atomic E-state index is 13.1. The van der Waals surface area contributed by atoms with Crippen molar-refractivity contribution in [3.8, 4) is 0 Å². The van der Waals surface area contributed by atoms with E-state index in [1.807, 2.05) is 59.8 Å². The molecular formula is C20H19BrN2O2. The van der Waals surface area contributed by atoms with Gasteiger partial charge in [-0.15, -0.1) is 0 Å². The molecule has 0 radical (unpaired) electrons. The molecule has 5 heteroatoms. The number of fused-ring (bicyclic) bond motifs is 1. The highest BCUT2D eigenvalue weighted by Gasteiger charge is 2.33. The van der Waals surface area contributed by atoms with Gasteiger partial charge in [0.05, 0.1) is 12.6 Å². The monoisotopic (exact) mass is 398 g/mol. The number of nitrogens with one attached hydrogen (secondary N) is 1. The number of H-pyrrole nitrogens is 1. The van der Waals surface area contributed by atoms with Crippen molar-refractivity contribution >= 4 is 32.6 Å². The van der Waals surface area contributed by atoms with Gasteiger partial charge in [0.25, 0.3) is 0 Å². The number of carbonyl (C=O) groups excluding carboxylic acids is 1. The van der Waals surface area contributed by atoms with Gasteiger partial charge in [-0.05, 0) is 36.6 Å². The first-order valence-corrected chi connectivity index (χ1v) is 9.26. The van der Waals surface area contributed by atoms with Crippen molar-refractivity contribution in [3.05, 3.63) is 70.3 Å². The van der Waals surface area contributed by atoms with Crippen LogP contribution in [0.25, 0.3) is 10.9 Å². The molecule has 128 valence electrons. The van der Waals surface area contributed by atoms with E-state index in [-0.39, 0.29) is 11.8 Å². The number of aromatic amines is 1. The topological polar surface area (TPSA) is 45.3 Å². The number of Topliss-reactive ketones (excluding diaryl/α,β-unsaturated/α-hetero) is 1. The molecule has 3 aromatic rings. The van der Waals surface area contributed by atoms with Crippen LogP contribution >= 0.6 is 15.9 Å². The summed E-state index contributed by atoms with van der Waals surface area (Å²) in [5.74, 6) is 0.120. The zero-order valence-electron chi connectivity index (χ0n) is 13.7. The molecule has 1 aromatic heterocycles. The van der Waals surface area contributed by atoms with Crippen LogP contribution in [0.15, 0.2) is 59.2 Å². The summed E-state index contributed by atoms with van der Waals surface area (Å²) in [5, 5.41) is 2.81. The molecule has 2 aromatic carbocycles. The number of aromatic nitrogens is 1. The van der Waals surface area contributed by atoms with Crippen molar-refractivity contribution in [2.45, 2.75) is 25.5 Å². The van der Waals surface area contributed by atoms with E-state index in [1.54, 1.807) is 0 Å². The lowest BCUT2D eigenvalue weighted by Crippen LogP contribution is -2.36. The van der Waals surface area contributed by atoms with Crippen LogP contribution in [0.4, 0.5) is 0 Å². The SMILES string of the molecule is O=C(c1c[nH]c2ccc(Br)cc12)[C@H]1CCCN1OCc1ccccc1. The fraction of sp³-hybridized carbons (Fsp3) is 0.250. The van der Waals surface area contributed by atoms with Crippen molar-refractivity contribution < 1.29 is 9.63 Å². The first-order valence-electron chi connectivity index (χ1n) is 8.47. The predicted molar refractivity (Wildman–Crippen MR) is 101 cm³/mol. The number of nitrogens with zero attached hydrogens (tertiary/aromatic N) is 1. The number of hydrogen-bond donors (Lipinski definition) is 1. The van der Waals surface area contributed by atoms with E-state index in [9.17, 15) is 4.79 Å². The van der Waals surface area contributed by atoms with E-state index in [4.69, 9.17) is 4.84 Å². The number of hydrogen-bond acceptors (Lipinski definition) is 3. The maximum Gasteiger partial charge on any atom is 0.184 e. The third-order valence-corrected chi connectivity index (χ3v) is 5.15. The largest absolute Gasteiger partial charge is 0.360 e. The molecule has 0 aliphatic carbocycles. The van der Waals surface area contributed by atoms with Gasteiger partial charge in [0.2, 0.25) is 0 Å². The number of carbonyl (C=O) groups is 1. The fourth-order valence-corrected chi connectivity index (χ4v) is 3.73. The number of rotatable bonds is 5. The molecule has 2 heterocycles. The van der Waals surface area contributed by atoms with Crippen molar-refractivity contribution in [3.63, 3.8) is 0 Å². The van der Waals surface area contributed by atoms with Gasteiger partial charge in [0, 0.05) is 33.7 Å². The standard InChI is InChI=1S/C20H19BrN2O2/c21-15-8-9-18-16(11-15)17(12-22-18)20(24)19-7-4-10-23(19)25-13-14-5-2-1-3-6-14/h1-3,5-6,8-9,11-12,19,22H,4,7,10,13H2/t19-/m1/s1. The smallest absolute Gasteiger partial charge is 0.184 e. The van der Waals surface area contributed by atoms with E-state index < -0.39 is 0 Å². The Morgan fingerprint density at radius 3 is 2.92 bits per heavy atom. The molecule has 1 atom stereocenters. The molecule has 0 saturated carbocycles. The Morgan fingerprint density at radius 1 is 1.24 bits per heavy atom. The summed E-state index contributed by atoms with van der Waals surface area (Å²) in [6.07, 6.45) is 3.61. The van der Waals surface area contributed by atoms with Gasteiger partial charge in [0.1, 0.15) is 0 Å². The molecule has 4 rings (SSSR count). The Kier molecular flexibility index (Phi) is 4.70. The summed E-state index contributed by atoms with van der Waals surface area (Å²) in [6, 6.07) is 15.8. The molecule has 4 nitrogen and oxygen atoms in total. The molecular weight excluding hydrogens is 380 g/mol. The lowest BCUT2D eigenvalue weighted by Gasteiger charge is -2.22. The Hall–Kier alpha value is -1.95. The third-order valence-electron chi connectivity index (χ3n) is 4.66. The Balaban J connectivity index is 1.53. The van der Waals surface area contributed by atoms with E-state index in [1.165, 1.54) is 0 Å². The zero-order chi connectivity index (χ0) is 17.2. The van der Waals surface area contributed by atoms with Gasteiger partial charge in [-0.1, -0.05) is 46.3 Å². The van der Waals surface area contributed by atoms with Crippen molar-refractivity contribution in [2.24, 2.45) is 0 Å². The summed E-state index contributed by atoms with van der Waals surface area (Å²) in [5.41, 5.74) is 2.81. The minimum atomic E-state index is -0.221. The highest BCUT2D eigenvalue weighted by molar-refractivity contribution is 9.10. The first kappa shape index (κ1) is 16.5. The van der Waals surface area contributed by atoms with Crippen molar-refractivity contribution in [2.75, 3.05) is 6.54 Å². The minimum Gasteiger partial charge on any atom is -0.360 e. The molecule has 0 bridgehead atoms. The summed E-state index contributed by atoms with van der Waals surface area (Å²) in [6.45, 7) is 1.28. The van der Waals surface area contributed by atoms with Gasteiger partial charge in [-0.25, -0.2) is 0 Å². The van der Waals surface area contributed by atoms with Gasteiger partial charge in [-0.3, -0.25) is 9.63 Å². The minimum absolute atomic E-state index is 0.120. The summed E-state index contributed by atoms with van der Waals surface area (Å²) in [7, 11) is 0. The van der Waals surface area contributed by atoms with Gasteiger partial charge in [-0.2, -0.15) is 5.06 Å². The average molecular weight is 399 g/mol. The summed E-state index contributed by atoms with van der Waals surface area (Å²) in [4.78, 5) is 22.2. The molecule has 1 aliphatic rings. The molecule has 0 unspecified atom stereocenters. The van der Waals surface area contributed by atoms with Gasteiger partial charge >= 0.3 is 0 Å². The van der Waals surface area contributed by atoms with Crippen LogP contribution in [0.5, 0.6) is 0 Å². The molecule has 1 aliphatic heterocycles. The van der Waals surface area contributed by atoms with E-state index >= 15 is 0 Å². The average Bonchev–Trinajstić information content (AvgIpc) is 3.27. The van der Waals surface area contributed by atoms with Crippen LogP contribution < -0.4 is 0 Å². The molecule has 0 amide bonds. The van der Waals surface area contributed by atoms with Gasteiger partial charge in [0.15, 0.2) is 5.78 Å². The maximum absolute atomic E-state index is 13.1. The number of hydroxylamine groups is 2. The quantitative estimate of drug-likeness (QED) is 0.632. The Labute approximate surface area is 154 Å². The van der Waals surface area contributed by atoms with Gasteiger partial charge < -0.3 is 4.98 Å². The Bertz CT molecular complexity index is 891. The van der Waals surface area contributed by atoms with E-state index in [0.29, 0.717) is 6.61 Å². The number of ketones is 1. The van der Waals surface area contributed by atoms with Crippen LogP contribution in [0, 0.1) is 0 Å². The fourth-order valence-electron chi connectivity index (χ4n) is 3.36. The molecule has 0 spiro atoms. The van der Waals surface area contributed by atoms with Crippen molar-refractivity contribution in [1.29, 1.82) is 0 Å².